The molecule has 74 valence electrons. The van der Waals surface area contributed by atoms with Gasteiger partial charge in [-0.2, -0.15) is 0 Å². The number of aromatic carboxylic acids is 1. The first-order valence-corrected chi connectivity index (χ1v) is 2.69. The van der Waals surface area contributed by atoms with Crippen molar-refractivity contribution < 1.29 is 36.1 Å². The average molecular weight is 363 g/mol. The Morgan fingerprint density at radius 1 is 1.15 bits per heavy atom. The van der Waals surface area contributed by atoms with Crippen LogP contribution in [0.1, 0.15) is 10.4 Å². The van der Waals surface area contributed by atoms with E-state index in [0.29, 0.717) is 0 Å². The summed E-state index contributed by atoms with van der Waals surface area (Å²) in [6.45, 7) is 0. The molecular weight excluding hydrogens is 355 g/mol. The first-order chi connectivity index (χ1) is 4.72. The standard InChI is InChI=1S/C7H6O3.2H2N.Pt/c8-6-4-2-1-3-5(6)7(9)10;;;/h1-4,8H,(H,9,10);2*1H2;/q;2*-1;+4/p-2. The van der Waals surface area contributed by atoms with Gasteiger partial charge in [0.25, 0.3) is 0 Å². The molecule has 0 saturated carbocycles. The van der Waals surface area contributed by atoms with Crippen LogP contribution in [0.2, 0.25) is 0 Å². The molecule has 0 radical (unpaired) electrons. The van der Waals surface area contributed by atoms with Crippen LogP contribution in [0, 0.1) is 0 Å². The summed E-state index contributed by atoms with van der Waals surface area (Å²) in [4.78, 5) is 10.1. The Morgan fingerprint density at radius 2 is 1.62 bits per heavy atom. The maximum absolute atomic E-state index is 10.6. The van der Waals surface area contributed by atoms with Gasteiger partial charge < -0.3 is 27.3 Å². The normalized spacial score (nSPS) is 7.08. The van der Waals surface area contributed by atoms with Crippen LogP contribution in [0.15, 0.2) is 24.3 Å². The van der Waals surface area contributed by atoms with E-state index < -0.39 is 11.7 Å². The molecule has 5 nitrogen and oxygen atoms in total. The van der Waals surface area contributed by atoms with Gasteiger partial charge in [0, 0.05) is 0 Å². The van der Waals surface area contributed by atoms with Gasteiger partial charge in [0.1, 0.15) is 0 Å². The van der Waals surface area contributed by atoms with Crippen molar-refractivity contribution in [2.75, 3.05) is 0 Å². The number of para-hydroxylation sites is 1. The van der Waals surface area contributed by atoms with Crippen molar-refractivity contribution in [3.8, 4) is 5.75 Å². The van der Waals surface area contributed by atoms with Crippen LogP contribution < -0.4 is 10.2 Å². The van der Waals surface area contributed by atoms with Gasteiger partial charge in [0.05, 0.1) is 5.97 Å². The maximum atomic E-state index is 10.6. The van der Waals surface area contributed by atoms with Crippen LogP contribution >= 0.6 is 0 Å². The predicted molar refractivity (Wildman–Crippen MR) is 40.8 cm³/mol. The van der Waals surface area contributed by atoms with Crippen molar-refractivity contribution in [1.82, 2.24) is 0 Å². The van der Waals surface area contributed by atoms with Gasteiger partial charge in [-0.1, -0.05) is 30.0 Å². The van der Waals surface area contributed by atoms with Gasteiger partial charge in [-0.3, -0.25) is 0 Å². The molecular formula is C7H8N2O3Pt. The Hall–Kier alpha value is -0.902. The van der Waals surface area contributed by atoms with Gasteiger partial charge in [0.15, 0.2) is 0 Å². The van der Waals surface area contributed by atoms with Gasteiger partial charge in [0.2, 0.25) is 0 Å². The fourth-order valence-electron chi connectivity index (χ4n) is 0.635. The summed E-state index contributed by atoms with van der Waals surface area (Å²) >= 11 is 0. The monoisotopic (exact) mass is 363 g/mol. The van der Waals surface area contributed by atoms with Gasteiger partial charge >= 0.3 is 21.1 Å². The number of hydrogen-bond donors (Lipinski definition) is 0. The van der Waals surface area contributed by atoms with Crippen molar-refractivity contribution in [2.45, 2.75) is 0 Å². The number of carboxylic acid groups (broad SMARTS) is 1. The van der Waals surface area contributed by atoms with E-state index in [0.717, 1.165) is 0 Å². The molecule has 0 unspecified atom stereocenters. The molecule has 0 spiro atoms. The van der Waals surface area contributed by atoms with Crippen molar-refractivity contribution in [2.24, 2.45) is 0 Å². The van der Waals surface area contributed by atoms with Crippen molar-refractivity contribution >= 4 is 5.97 Å². The number of rotatable bonds is 1. The van der Waals surface area contributed by atoms with Crippen molar-refractivity contribution in [1.29, 1.82) is 0 Å². The quantitative estimate of drug-likeness (QED) is 0.722. The molecule has 4 N–H and O–H groups in total. The van der Waals surface area contributed by atoms with Crippen LogP contribution in [0.3, 0.4) is 0 Å². The van der Waals surface area contributed by atoms with E-state index in [1.807, 2.05) is 0 Å². The molecule has 6 heteroatoms. The molecule has 13 heavy (non-hydrogen) atoms. The minimum atomic E-state index is -1.43. The molecule has 0 fully saturated rings. The molecule has 0 aliphatic heterocycles. The number of carbonyl (C=O) groups excluding carboxylic acids is 1. The third-order valence-corrected chi connectivity index (χ3v) is 1.11. The minimum Gasteiger partial charge on any atom is -0.872 e. The fraction of sp³-hybridized carbons (Fsp3) is 0. The fourth-order valence-corrected chi connectivity index (χ4v) is 0.635. The average Bonchev–Trinajstić information content (AvgIpc) is 1.88. The summed E-state index contributed by atoms with van der Waals surface area (Å²) in [6, 6.07) is 5.37. The SMILES string of the molecule is O=C([O-])c1ccccc1[O-].[NH2-].[NH2-].[Pt+4]. The summed E-state index contributed by atoms with van der Waals surface area (Å²) in [7, 11) is 0. The molecule has 1 rings (SSSR count). The minimum absolute atomic E-state index is 0. The largest absolute Gasteiger partial charge is 4.00 e. The van der Waals surface area contributed by atoms with E-state index in [4.69, 9.17) is 0 Å². The Bertz CT molecular complexity index is 268. The third-order valence-electron chi connectivity index (χ3n) is 1.11. The molecule has 0 amide bonds. The van der Waals surface area contributed by atoms with Crippen LogP contribution in [0.25, 0.3) is 12.3 Å². The van der Waals surface area contributed by atoms with Crippen LogP contribution in [-0.4, -0.2) is 5.97 Å². The summed E-state index contributed by atoms with van der Waals surface area (Å²) in [5.41, 5.74) is -0.289. The molecule has 0 heterocycles. The number of nitrogens with two attached hydrogens (primary N) is 2. The summed E-state index contributed by atoms with van der Waals surface area (Å²) in [5, 5.41) is 20.8. The summed E-state index contributed by atoms with van der Waals surface area (Å²) in [5.74, 6) is -1.94. The Balaban J connectivity index is -0.000000333. The van der Waals surface area contributed by atoms with E-state index in [2.05, 4.69) is 0 Å². The first-order valence-electron chi connectivity index (χ1n) is 2.69. The van der Waals surface area contributed by atoms with Gasteiger partial charge in [-0.25, -0.2) is 0 Å². The van der Waals surface area contributed by atoms with Crippen molar-refractivity contribution in [3.63, 3.8) is 0 Å². The smallest absolute Gasteiger partial charge is 0.872 e. The molecule has 0 aliphatic rings. The topological polar surface area (TPSA) is 130 Å². The zero-order chi connectivity index (χ0) is 7.56. The molecule has 0 aromatic heterocycles. The molecule has 0 saturated heterocycles. The van der Waals surface area contributed by atoms with Crippen molar-refractivity contribution in [3.05, 3.63) is 42.1 Å². The Labute approximate surface area is 90.2 Å². The van der Waals surface area contributed by atoms with Crippen LogP contribution in [0.4, 0.5) is 0 Å². The molecule has 1 aromatic carbocycles. The number of carboxylic acids is 1. The second kappa shape index (κ2) is 7.73. The molecule has 0 bridgehead atoms. The Kier molecular flexibility index (Phi) is 10.7. The van der Waals surface area contributed by atoms with E-state index in [-0.39, 0.29) is 38.9 Å². The third kappa shape index (κ3) is 4.62. The van der Waals surface area contributed by atoms with E-state index >= 15 is 0 Å². The second-order valence-corrected chi connectivity index (χ2v) is 1.78. The van der Waals surface area contributed by atoms with Gasteiger partial charge in [-0.05, 0) is 5.56 Å². The maximum Gasteiger partial charge on any atom is 4.00 e. The number of carbonyl (C=O) groups is 1. The van der Waals surface area contributed by atoms with E-state index in [1.54, 1.807) is 0 Å². The zero-order valence-corrected chi connectivity index (χ0v) is 8.78. The summed E-state index contributed by atoms with van der Waals surface area (Å²) < 4.78 is 0. The number of benzene rings is 1. The molecule has 0 aliphatic carbocycles. The Morgan fingerprint density at radius 3 is 1.92 bits per heavy atom. The zero-order valence-electron chi connectivity index (χ0n) is 6.51. The van der Waals surface area contributed by atoms with Gasteiger partial charge in [-0.15, -0.1) is 0 Å². The van der Waals surface area contributed by atoms with Crippen LogP contribution in [0.5, 0.6) is 5.75 Å². The number of hydrogen-bond acceptors (Lipinski definition) is 3. The predicted octanol–water partition coefficient (Wildman–Crippen LogP) is 0.555. The molecule has 1 aromatic rings. The van der Waals surface area contributed by atoms with E-state index in [9.17, 15) is 15.0 Å². The molecule has 0 atom stereocenters. The van der Waals surface area contributed by atoms with Crippen LogP contribution in [-0.2, 0) is 21.1 Å². The first kappa shape index (κ1) is 18.0. The van der Waals surface area contributed by atoms with E-state index in [1.165, 1.54) is 24.3 Å². The summed E-state index contributed by atoms with van der Waals surface area (Å²) in [6.07, 6.45) is 0. The second-order valence-electron chi connectivity index (χ2n) is 1.78.